The first-order valence-corrected chi connectivity index (χ1v) is 11.2. The first-order chi connectivity index (χ1) is 14.6. The Hall–Kier alpha value is -0.940. The van der Waals surface area contributed by atoms with Crippen molar-refractivity contribution in [3.05, 3.63) is 35.9 Å². The van der Waals surface area contributed by atoms with E-state index in [1.807, 2.05) is 37.3 Å². The Morgan fingerprint density at radius 3 is 2.58 bits per heavy atom. The Morgan fingerprint density at radius 2 is 1.94 bits per heavy atom. The van der Waals surface area contributed by atoms with E-state index in [2.05, 4.69) is 34.4 Å². The molecular weight excluding hydrogens is 507 g/mol. The molecule has 0 bridgehead atoms. The summed E-state index contributed by atoms with van der Waals surface area (Å²) in [6.45, 7) is 12.0. The van der Waals surface area contributed by atoms with Gasteiger partial charge in [0.2, 0.25) is 0 Å². The maximum absolute atomic E-state index is 10.2. The lowest BCUT2D eigenvalue weighted by atomic mass is 10.1. The molecule has 1 unspecified atom stereocenters. The van der Waals surface area contributed by atoms with Gasteiger partial charge < -0.3 is 30.1 Å². The Morgan fingerprint density at radius 1 is 1.23 bits per heavy atom. The van der Waals surface area contributed by atoms with Gasteiger partial charge in [0.1, 0.15) is 0 Å². The van der Waals surface area contributed by atoms with Gasteiger partial charge in [0, 0.05) is 32.2 Å². The molecule has 1 aromatic carbocycles. The van der Waals surface area contributed by atoms with Crippen molar-refractivity contribution in [2.24, 2.45) is 4.99 Å². The number of benzene rings is 1. The smallest absolute Gasteiger partial charge is 0.191 e. The minimum absolute atomic E-state index is 0. The number of likely N-dealkylation sites (tertiary alicyclic amines) is 1. The molecule has 2 rings (SSSR count). The second kappa shape index (κ2) is 16.7. The van der Waals surface area contributed by atoms with Crippen LogP contribution >= 0.6 is 24.0 Å². The molecule has 1 aromatic rings. The van der Waals surface area contributed by atoms with E-state index >= 15 is 0 Å². The molecule has 1 heterocycles. The predicted octanol–water partition coefficient (Wildman–Crippen LogP) is 2.63. The number of aliphatic hydroxyl groups excluding tert-OH is 1. The van der Waals surface area contributed by atoms with E-state index in [1.54, 1.807) is 0 Å². The fourth-order valence-corrected chi connectivity index (χ4v) is 3.37. The van der Waals surface area contributed by atoms with E-state index < -0.39 is 6.10 Å². The SMILES string of the molecule is CCNC(=NCC(O)COCc1ccccc1)NC1CCN(CCOC(C)C)CC1.I. The lowest BCUT2D eigenvalue weighted by Crippen LogP contribution is -2.49. The van der Waals surface area contributed by atoms with E-state index in [4.69, 9.17) is 9.47 Å². The van der Waals surface area contributed by atoms with Crippen molar-refractivity contribution in [1.29, 1.82) is 0 Å². The van der Waals surface area contributed by atoms with E-state index in [0.717, 1.165) is 57.2 Å². The molecule has 1 atom stereocenters. The highest BCUT2D eigenvalue weighted by Gasteiger charge is 2.20. The summed E-state index contributed by atoms with van der Waals surface area (Å²) in [6.07, 6.45) is 1.83. The zero-order valence-corrected chi connectivity index (χ0v) is 21.6. The van der Waals surface area contributed by atoms with Gasteiger partial charge in [-0.05, 0) is 39.2 Å². The number of piperidine rings is 1. The van der Waals surface area contributed by atoms with Crippen LogP contribution in [-0.2, 0) is 16.1 Å². The number of nitrogens with one attached hydrogen (secondary N) is 2. The van der Waals surface area contributed by atoms with E-state index in [9.17, 15) is 5.11 Å². The van der Waals surface area contributed by atoms with Crippen LogP contribution in [0.25, 0.3) is 0 Å². The zero-order chi connectivity index (χ0) is 21.6. The van der Waals surface area contributed by atoms with Crippen LogP contribution in [0.5, 0.6) is 0 Å². The van der Waals surface area contributed by atoms with Crippen LogP contribution in [0.4, 0.5) is 0 Å². The van der Waals surface area contributed by atoms with Crippen LogP contribution in [0.3, 0.4) is 0 Å². The number of nitrogens with zero attached hydrogens (tertiary/aromatic N) is 2. The lowest BCUT2D eigenvalue weighted by Gasteiger charge is -2.33. The monoisotopic (exact) mass is 548 g/mol. The number of hydrogen-bond acceptors (Lipinski definition) is 5. The fraction of sp³-hybridized carbons (Fsp3) is 0.696. The summed E-state index contributed by atoms with van der Waals surface area (Å²) in [7, 11) is 0. The molecule has 1 aliphatic rings. The molecule has 3 N–H and O–H groups in total. The molecule has 178 valence electrons. The lowest BCUT2D eigenvalue weighted by molar-refractivity contribution is 0.0330. The van der Waals surface area contributed by atoms with Gasteiger partial charge in [0.15, 0.2) is 5.96 Å². The molecule has 0 saturated carbocycles. The van der Waals surface area contributed by atoms with Crippen LogP contribution in [0, 0.1) is 0 Å². The van der Waals surface area contributed by atoms with Gasteiger partial charge in [-0.2, -0.15) is 0 Å². The Bertz CT molecular complexity index is 596. The van der Waals surface area contributed by atoms with Gasteiger partial charge in [0.05, 0.1) is 38.6 Å². The number of aliphatic imine (C=N–C) groups is 1. The molecule has 0 aromatic heterocycles. The molecule has 31 heavy (non-hydrogen) atoms. The van der Waals surface area contributed by atoms with Crippen molar-refractivity contribution in [2.45, 2.75) is 58.5 Å². The Labute approximate surface area is 205 Å². The minimum atomic E-state index is -0.619. The quantitative estimate of drug-likeness (QED) is 0.212. The molecule has 0 spiro atoms. The number of rotatable bonds is 12. The summed E-state index contributed by atoms with van der Waals surface area (Å²) in [5.41, 5.74) is 1.10. The standard InChI is InChI=1S/C23H40N4O3.HI/c1-4-24-23(25-16-22(28)18-29-17-20-8-6-5-7-9-20)26-21-10-12-27(13-11-21)14-15-30-19(2)3;/h5-9,19,21-22,28H,4,10-18H2,1-3H3,(H2,24,25,26);1H. The molecule has 7 nitrogen and oxygen atoms in total. The number of guanidine groups is 1. The van der Waals surface area contributed by atoms with E-state index in [1.165, 1.54) is 0 Å². The Balaban J connectivity index is 0.00000480. The van der Waals surface area contributed by atoms with Gasteiger partial charge in [-0.3, -0.25) is 4.99 Å². The topological polar surface area (TPSA) is 78.4 Å². The van der Waals surface area contributed by atoms with Gasteiger partial charge in [-0.25, -0.2) is 0 Å². The fourth-order valence-electron chi connectivity index (χ4n) is 3.37. The third-order valence-corrected chi connectivity index (χ3v) is 5.01. The summed E-state index contributed by atoms with van der Waals surface area (Å²) < 4.78 is 11.3. The van der Waals surface area contributed by atoms with E-state index in [-0.39, 0.29) is 30.6 Å². The average Bonchev–Trinajstić information content (AvgIpc) is 2.74. The third kappa shape index (κ3) is 12.6. The van der Waals surface area contributed by atoms with Gasteiger partial charge in [-0.15, -0.1) is 24.0 Å². The molecule has 0 radical (unpaired) electrons. The van der Waals surface area contributed by atoms with Gasteiger partial charge >= 0.3 is 0 Å². The van der Waals surface area contributed by atoms with Crippen molar-refractivity contribution in [3.63, 3.8) is 0 Å². The number of aliphatic hydroxyl groups is 1. The Kier molecular flexibility index (Phi) is 15.1. The maximum Gasteiger partial charge on any atom is 0.191 e. The normalized spacial score (nSPS) is 16.7. The summed E-state index contributed by atoms with van der Waals surface area (Å²) in [4.78, 5) is 7.01. The van der Waals surface area contributed by atoms with Crippen LogP contribution in [-0.4, -0.2) is 80.2 Å². The van der Waals surface area contributed by atoms with Gasteiger partial charge in [-0.1, -0.05) is 30.3 Å². The van der Waals surface area contributed by atoms with Crippen molar-refractivity contribution < 1.29 is 14.6 Å². The van der Waals surface area contributed by atoms with Crippen molar-refractivity contribution in [2.75, 3.05) is 45.9 Å². The highest BCUT2D eigenvalue weighted by Crippen LogP contribution is 2.10. The van der Waals surface area contributed by atoms with Crippen LogP contribution in [0.2, 0.25) is 0 Å². The van der Waals surface area contributed by atoms with Crippen LogP contribution in [0.15, 0.2) is 35.3 Å². The number of ether oxygens (including phenoxy) is 2. The molecule has 1 fully saturated rings. The number of hydrogen-bond donors (Lipinski definition) is 3. The second-order valence-electron chi connectivity index (χ2n) is 8.05. The third-order valence-electron chi connectivity index (χ3n) is 5.01. The average molecular weight is 549 g/mol. The maximum atomic E-state index is 10.2. The molecule has 1 saturated heterocycles. The largest absolute Gasteiger partial charge is 0.389 e. The summed E-state index contributed by atoms with van der Waals surface area (Å²) in [5.74, 6) is 0.765. The summed E-state index contributed by atoms with van der Waals surface area (Å²) in [5, 5.41) is 17.0. The highest BCUT2D eigenvalue weighted by atomic mass is 127. The summed E-state index contributed by atoms with van der Waals surface area (Å²) >= 11 is 0. The van der Waals surface area contributed by atoms with Crippen molar-refractivity contribution >= 4 is 29.9 Å². The molecule has 8 heteroatoms. The van der Waals surface area contributed by atoms with E-state index in [0.29, 0.717) is 25.3 Å². The first kappa shape index (κ1) is 28.1. The molecular formula is C23H41IN4O3. The predicted molar refractivity (Wildman–Crippen MR) is 137 cm³/mol. The van der Waals surface area contributed by atoms with Crippen LogP contribution in [0.1, 0.15) is 39.2 Å². The van der Waals surface area contributed by atoms with Crippen molar-refractivity contribution in [3.8, 4) is 0 Å². The zero-order valence-electron chi connectivity index (χ0n) is 19.3. The molecule has 1 aliphatic heterocycles. The second-order valence-corrected chi connectivity index (χ2v) is 8.05. The molecule has 0 amide bonds. The minimum Gasteiger partial charge on any atom is -0.389 e. The first-order valence-electron chi connectivity index (χ1n) is 11.2. The summed E-state index contributed by atoms with van der Waals surface area (Å²) in [6, 6.07) is 10.4. The van der Waals surface area contributed by atoms with Crippen LogP contribution < -0.4 is 10.6 Å². The van der Waals surface area contributed by atoms with Gasteiger partial charge in [0.25, 0.3) is 0 Å². The van der Waals surface area contributed by atoms with Crippen molar-refractivity contribution in [1.82, 2.24) is 15.5 Å². The highest BCUT2D eigenvalue weighted by molar-refractivity contribution is 14.0. The molecule has 0 aliphatic carbocycles. The number of halogens is 1.